The zero-order chi connectivity index (χ0) is 7.84. The van der Waals surface area contributed by atoms with Crippen molar-refractivity contribution in [2.75, 3.05) is 0 Å². The lowest BCUT2D eigenvalue weighted by Crippen LogP contribution is -2.09. The van der Waals surface area contributed by atoms with Crippen LogP contribution in [0.2, 0.25) is 0 Å². The summed E-state index contributed by atoms with van der Waals surface area (Å²) >= 11 is 0. The fraction of sp³-hybridized carbons (Fsp3) is 0.300. The van der Waals surface area contributed by atoms with Gasteiger partial charge in [-0.25, -0.2) is 0 Å². The Labute approximate surface area is 66.0 Å². The first-order valence-electron chi connectivity index (χ1n) is 3.90. The highest BCUT2D eigenvalue weighted by molar-refractivity contribution is 5.94. The summed E-state index contributed by atoms with van der Waals surface area (Å²) in [5, 5.41) is 0. The van der Waals surface area contributed by atoms with Crippen LogP contribution in [0.5, 0.6) is 0 Å². The minimum absolute atomic E-state index is 0.166. The van der Waals surface area contributed by atoms with Crippen LogP contribution in [-0.2, 0) is 12.8 Å². The Balaban J connectivity index is 2.46. The highest BCUT2D eigenvalue weighted by atomic mass is 16.1. The van der Waals surface area contributed by atoms with Crippen molar-refractivity contribution in [3.8, 4) is 0 Å². The summed E-state index contributed by atoms with van der Waals surface area (Å²) in [5.74, 6) is 0.166. The molecule has 0 amide bonds. The van der Waals surface area contributed by atoms with Crippen molar-refractivity contribution >= 4 is 5.78 Å². The zero-order valence-electron chi connectivity index (χ0n) is 6.55. The van der Waals surface area contributed by atoms with Gasteiger partial charge in [-0.15, -0.1) is 0 Å². The summed E-state index contributed by atoms with van der Waals surface area (Å²) in [6.07, 6.45) is 2.34. The van der Waals surface area contributed by atoms with Crippen LogP contribution in [0.25, 0.3) is 0 Å². The smallest absolute Gasteiger partial charge is 0.159 e. The number of aryl methyl sites for hydroxylation is 2. The van der Waals surface area contributed by atoms with Gasteiger partial charge >= 0.3 is 0 Å². The highest BCUT2D eigenvalue weighted by Crippen LogP contribution is 2.23. The van der Waals surface area contributed by atoms with E-state index in [1.807, 2.05) is 12.1 Å². The standard InChI is InChI=1S/C10H10O/c1-7(11)9-4-2-8-3-5-10(8)6-9/h2,4,6H,3,5H2,1H3. The van der Waals surface area contributed by atoms with Gasteiger partial charge in [-0.1, -0.05) is 12.1 Å². The van der Waals surface area contributed by atoms with Gasteiger partial charge in [0.05, 0.1) is 0 Å². The Hall–Kier alpha value is -1.11. The van der Waals surface area contributed by atoms with Gasteiger partial charge in [-0.05, 0) is 37.0 Å². The molecule has 0 heterocycles. The Kier molecular flexibility index (Phi) is 1.31. The zero-order valence-corrected chi connectivity index (χ0v) is 6.55. The second-order valence-electron chi connectivity index (χ2n) is 3.04. The van der Waals surface area contributed by atoms with Gasteiger partial charge in [0.15, 0.2) is 5.78 Å². The largest absolute Gasteiger partial charge is 0.295 e. The number of ketones is 1. The Morgan fingerprint density at radius 3 is 2.45 bits per heavy atom. The van der Waals surface area contributed by atoms with Crippen molar-refractivity contribution in [1.29, 1.82) is 0 Å². The molecule has 11 heavy (non-hydrogen) atoms. The summed E-state index contributed by atoms with van der Waals surface area (Å²) in [4.78, 5) is 10.9. The molecular weight excluding hydrogens is 136 g/mol. The van der Waals surface area contributed by atoms with Gasteiger partial charge < -0.3 is 0 Å². The first kappa shape index (κ1) is 6.59. The number of Topliss-reactive ketones (excluding diaryl/α,β-unsaturated/α-hetero) is 1. The average molecular weight is 146 g/mol. The molecule has 0 spiro atoms. The molecule has 0 unspecified atom stereocenters. The number of fused-ring (bicyclic) bond motifs is 1. The van der Waals surface area contributed by atoms with E-state index in [-0.39, 0.29) is 5.78 Å². The summed E-state index contributed by atoms with van der Waals surface area (Å²) in [6.45, 7) is 1.61. The summed E-state index contributed by atoms with van der Waals surface area (Å²) in [5.41, 5.74) is 3.62. The van der Waals surface area contributed by atoms with E-state index >= 15 is 0 Å². The van der Waals surface area contributed by atoms with Crippen molar-refractivity contribution < 1.29 is 4.79 Å². The minimum atomic E-state index is 0.166. The van der Waals surface area contributed by atoms with Crippen LogP contribution in [0.3, 0.4) is 0 Å². The number of hydrogen-bond acceptors (Lipinski definition) is 1. The lowest BCUT2D eigenvalue weighted by molar-refractivity contribution is 0.101. The molecule has 1 aromatic carbocycles. The van der Waals surface area contributed by atoms with E-state index in [0.29, 0.717) is 0 Å². The predicted molar refractivity (Wildman–Crippen MR) is 43.9 cm³/mol. The minimum Gasteiger partial charge on any atom is -0.295 e. The molecule has 1 heteroatoms. The maximum Gasteiger partial charge on any atom is 0.159 e. The van der Waals surface area contributed by atoms with Gasteiger partial charge in [0, 0.05) is 5.56 Å². The number of rotatable bonds is 1. The Bertz CT molecular complexity index is 313. The van der Waals surface area contributed by atoms with Crippen LogP contribution < -0.4 is 0 Å². The second-order valence-corrected chi connectivity index (χ2v) is 3.04. The van der Waals surface area contributed by atoms with E-state index in [1.165, 1.54) is 17.5 Å². The highest BCUT2D eigenvalue weighted by Gasteiger charge is 2.13. The third-order valence-corrected chi connectivity index (χ3v) is 2.28. The van der Waals surface area contributed by atoms with Crippen molar-refractivity contribution in [3.63, 3.8) is 0 Å². The van der Waals surface area contributed by atoms with Gasteiger partial charge in [0.25, 0.3) is 0 Å². The van der Waals surface area contributed by atoms with Crippen LogP contribution in [0, 0.1) is 0 Å². The normalized spacial score (nSPS) is 13.5. The topological polar surface area (TPSA) is 17.1 Å². The average Bonchev–Trinajstić information content (AvgIpc) is 1.91. The molecule has 56 valence electrons. The molecule has 1 aliphatic rings. The molecule has 0 aromatic heterocycles. The SMILES string of the molecule is CC(=O)c1ccc2c(c1)CC2. The van der Waals surface area contributed by atoms with E-state index in [9.17, 15) is 4.79 Å². The molecule has 0 fully saturated rings. The quantitative estimate of drug-likeness (QED) is 0.554. The fourth-order valence-electron chi connectivity index (χ4n) is 1.41. The molecule has 0 aliphatic heterocycles. The molecular formula is C10H10O. The first-order chi connectivity index (χ1) is 5.27. The summed E-state index contributed by atoms with van der Waals surface area (Å²) in [6, 6.07) is 6.00. The summed E-state index contributed by atoms with van der Waals surface area (Å²) < 4.78 is 0. The Morgan fingerprint density at radius 1 is 1.27 bits per heavy atom. The van der Waals surface area contributed by atoms with Crippen molar-refractivity contribution in [2.45, 2.75) is 19.8 Å². The molecule has 1 nitrogen and oxygen atoms in total. The number of carbonyl (C=O) groups is 1. The second kappa shape index (κ2) is 2.19. The fourth-order valence-corrected chi connectivity index (χ4v) is 1.41. The van der Waals surface area contributed by atoms with E-state index in [1.54, 1.807) is 6.92 Å². The van der Waals surface area contributed by atoms with E-state index in [0.717, 1.165) is 12.0 Å². The number of carbonyl (C=O) groups excluding carboxylic acids is 1. The van der Waals surface area contributed by atoms with Crippen LogP contribution in [0.15, 0.2) is 18.2 Å². The maximum atomic E-state index is 10.9. The van der Waals surface area contributed by atoms with Crippen LogP contribution in [-0.4, -0.2) is 5.78 Å². The van der Waals surface area contributed by atoms with Crippen LogP contribution in [0.1, 0.15) is 28.4 Å². The van der Waals surface area contributed by atoms with E-state index < -0.39 is 0 Å². The van der Waals surface area contributed by atoms with Crippen molar-refractivity contribution in [1.82, 2.24) is 0 Å². The molecule has 0 saturated carbocycles. The molecule has 0 radical (unpaired) electrons. The van der Waals surface area contributed by atoms with Gasteiger partial charge in [-0.3, -0.25) is 4.79 Å². The van der Waals surface area contributed by atoms with Crippen LogP contribution >= 0.6 is 0 Å². The molecule has 1 aliphatic carbocycles. The lowest BCUT2D eigenvalue weighted by Gasteiger charge is -2.18. The van der Waals surface area contributed by atoms with Gasteiger partial charge in [0.1, 0.15) is 0 Å². The van der Waals surface area contributed by atoms with Crippen LogP contribution in [0.4, 0.5) is 0 Å². The lowest BCUT2D eigenvalue weighted by atomic mass is 9.87. The number of hydrogen-bond donors (Lipinski definition) is 0. The molecule has 0 atom stereocenters. The van der Waals surface area contributed by atoms with E-state index in [2.05, 4.69) is 6.07 Å². The van der Waals surface area contributed by atoms with Crippen molar-refractivity contribution in [2.24, 2.45) is 0 Å². The molecule has 1 aromatic rings. The molecule has 0 N–H and O–H groups in total. The van der Waals surface area contributed by atoms with Gasteiger partial charge in [0.2, 0.25) is 0 Å². The van der Waals surface area contributed by atoms with E-state index in [4.69, 9.17) is 0 Å². The molecule has 0 bridgehead atoms. The maximum absolute atomic E-state index is 10.9. The van der Waals surface area contributed by atoms with Gasteiger partial charge in [-0.2, -0.15) is 0 Å². The summed E-state index contributed by atoms with van der Waals surface area (Å²) in [7, 11) is 0. The third-order valence-electron chi connectivity index (χ3n) is 2.28. The number of benzene rings is 1. The first-order valence-corrected chi connectivity index (χ1v) is 3.90. The van der Waals surface area contributed by atoms with Crippen molar-refractivity contribution in [3.05, 3.63) is 34.9 Å². The third kappa shape index (κ3) is 0.967. The monoisotopic (exact) mass is 146 g/mol. The predicted octanol–water partition coefficient (Wildman–Crippen LogP) is 1.99. The molecule has 0 saturated heterocycles. The molecule has 2 rings (SSSR count). The Morgan fingerprint density at radius 2 is 2.00 bits per heavy atom.